The molecule has 4 atom stereocenters. The quantitative estimate of drug-likeness (QED) is 0.363. The lowest BCUT2D eigenvalue weighted by molar-refractivity contribution is -0.0873. The van der Waals surface area contributed by atoms with Gasteiger partial charge in [-0.25, -0.2) is 0 Å². The van der Waals surface area contributed by atoms with Crippen LogP contribution in [-0.2, 0) is 41.2 Å². The van der Waals surface area contributed by atoms with E-state index >= 15 is 0 Å². The number of aryl methyl sites for hydroxylation is 1. The third kappa shape index (κ3) is 5.62. The minimum absolute atomic E-state index is 0.111. The van der Waals surface area contributed by atoms with Gasteiger partial charge in [0.15, 0.2) is 5.69 Å². The van der Waals surface area contributed by atoms with Gasteiger partial charge in [-0.3, -0.25) is 14.4 Å². The van der Waals surface area contributed by atoms with Gasteiger partial charge in [0.05, 0.1) is 46.8 Å². The van der Waals surface area contributed by atoms with Crippen molar-refractivity contribution in [1.29, 1.82) is 5.26 Å². The topological polar surface area (TPSA) is 148 Å². The van der Waals surface area contributed by atoms with E-state index < -0.39 is 5.60 Å². The number of anilines is 2. The fourth-order valence-electron chi connectivity index (χ4n) is 9.19. The van der Waals surface area contributed by atoms with Crippen LogP contribution in [0.25, 0.3) is 0 Å². The third-order valence-electron chi connectivity index (χ3n) is 12.0. The maximum Gasteiger partial charge on any atom is 0.318 e. The fourth-order valence-corrected chi connectivity index (χ4v) is 9.47. The van der Waals surface area contributed by atoms with Gasteiger partial charge in [0.2, 0.25) is 0 Å². The van der Waals surface area contributed by atoms with Crippen LogP contribution in [0.4, 0.5) is 11.5 Å². The summed E-state index contributed by atoms with van der Waals surface area (Å²) in [5.74, 6) is 0.772. The molecule has 270 valence electrons. The molecule has 4 aliphatic heterocycles. The SMILES string of the molecule is COC1CN2CCCC2(COc2nc3c(c(N4CCCn5nc(C(=O)N(C)C)c(Cl)c5C4)n2)COC2(CCC(C)c4ccc(N)c(C#N)c42)C3)C1. The Morgan fingerprint density at radius 1 is 1.22 bits per heavy atom. The molecule has 0 bridgehead atoms. The number of benzene rings is 1. The first-order valence-electron chi connectivity index (χ1n) is 18.1. The Balaban J connectivity index is 1.20. The van der Waals surface area contributed by atoms with Crippen molar-refractivity contribution in [1.82, 2.24) is 29.5 Å². The van der Waals surface area contributed by atoms with Crippen LogP contribution in [0.3, 0.4) is 0 Å². The van der Waals surface area contributed by atoms with Crippen molar-refractivity contribution in [2.75, 3.05) is 58.1 Å². The van der Waals surface area contributed by atoms with Gasteiger partial charge in [0, 0.05) is 64.1 Å². The minimum Gasteiger partial charge on any atom is -0.461 e. The summed E-state index contributed by atoms with van der Waals surface area (Å²) >= 11 is 6.89. The van der Waals surface area contributed by atoms with E-state index in [-0.39, 0.29) is 35.8 Å². The van der Waals surface area contributed by atoms with Gasteiger partial charge in [-0.15, -0.1) is 0 Å². The van der Waals surface area contributed by atoms with Crippen LogP contribution in [0, 0.1) is 11.3 Å². The number of nitriles is 1. The molecule has 2 fully saturated rings. The first-order chi connectivity index (χ1) is 24.6. The van der Waals surface area contributed by atoms with Gasteiger partial charge in [-0.2, -0.15) is 20.3 Å². The van der Waals surface area contributed by atoms with Crippen LogP contribution in [0.1, 0.15) is 95.5 Å². The van der Waals surface area contributed by atoms with Crippen LogP contribution in [0.15, 0.2) is 12.1 Å². The molecule has 14 heteroatoms. The second kappa shape index (κ2) is 12.9. The minimum atomic E-state index is -0.752. The number of hydrogen-bond donors (Lipinski definition) is 1. The van der Waals surface area contributed by atoms with Crippen molar-refractivity contribution in [3.05, 3.63) is 56.5 Å². The highest BCUT2D eigenvalue weighted by Gasteiger charge is 2.50. The largest absolute Gasteiger partial charge is 0.461 e. The zero-order valence-electron chi connectivity index (χ0n) is 29.9. The lowest BCUT2D eigenvalue weighted by Gasteiger charge is -2.45. The number of nitrogen functional groups attached to an aromatic ring is 1. The summed E-state index contributed by atoms with van der Waals surface area (Å²) in [7, 11) is 5.18. The maximum absolute atomic E-state index is 12.9. The zero-order chi connectivity index (χ0) is 35.7. The van der Waals surface area contributed by atoms with Gasteiger partial charge in [0.1, 0.15) is 24.1 Å². The standard InChI is InChI=1S/C37H46ClN9O4/c1-22-9-11-37(30-24(22)7-8-27(40)25(30)17-39)16-28-26(20-51-37)33(42-35(41-28)50-21-36-10-5-13-46(36)18-23(15-36)49-4)45-12-6-14-47-29(19-45)31(38)32(43-47)34(48)44(2)3/h7-8,22-23H,5-6,9-16,18-21,40H2,1-4H3. The number of aromatic nitrogens is 4. The van der Waals surface area contributed by atoms with Crippen molar-refractivity contribution in [3.63, 3.8) is 0 Å². The second-order valence-electron chi connectivity index (χ2n) is 15.2. The summed E-state index contributed by atoms with van der Waals surface area (Å²) < 4.78 is 21.2. The highest BCUT2D eigenvalue weighted by molar-refractivity contribution is 6.34. The number of carbonyl (C=O) groups is 1. The Morgan fingerprint density at radius 2 is 2.06 bits per heavy atom. The molecule has 0 saturated carbocycles. The number of methoxy groups -OCH3 is 1. The van der Waals surface area contributed by atoms with E-state index in [1.165, 1.54) is 4.90 Å². The Kier molecular flexibility index (Phi) is 8.65. The van der Waals surface area contributed by atoms with Crippen LogP contribution in [-0.4, -0.2) is 94.5 Å². The van der Waals surface area contributed by atoms with Gasteiger partial charge < -0.3 is 29.7 Å². The van der Waals surface area contributed by atoms with E-state index in [9.17, 15) is 10.1 Å². The molecule has 4 unspecified atom stereocenters. The second-order valence-corrected chi connectivity index (χ2v) is 15.6. The van der Waals surface area contributed by atoms with Crippen molar-refractivity contribution in [2.24, 2.45) is 0 Å². The summed E-state index contributed by atoms with van der Waals surface area (Å²) in [6.07, 6.45) is 6.14. The van der Waals surface area contributed by atoms with Crippen molar-refractivity contribution in [2.45, 2.75) is 94.7 Å². The molecule has 1 aliphatic carbocycles. The smallest absolute Gasteiger partial charge is 0.318 e. The van der Waals surface area contributed by atoms with E-state index in [4.69, 9.17) is 41.5 Å². The molecule has 2 aromatic heterocycles. The Bertz CT molecular complexity index is 1930. The van der Waals surface area contributed by atoms with E-state index in [1.807, 2.05) is 10.7 Å². The molecule has 13 nitrogen and oxygen atoms in total. The van der Waals surface area contributed by atoms with Crippen molar-refractivity contribution < 1.29 is 19.0 Å². The molecule has 1 spiro atoms. The van der Waals surface area contributed by atoms with Gasteiger partial charge >= 0.3 is 6.01 Å². The first-order valence-corrected chi connectivity index (χ1v) is 18.4. The molecule has 1 amide bonds. The molecular weight excluding hydrogens is 670 g/mol. The molecule has 2 N–H and O–H groups in total. The molecule has 5 aliphatic rings. The number of rotatable bonds is 6. The van der Waals surface area contributed by atoms with E-state index in [0.29, 0.717) is 54.9 Å². The number of hydrogen-bond acceptors (Lipinski definition) is 11. The average molecular weight is 716 g/mol. The first kappa shape index (κ1) is 34.1. The summed E-state index contributed by atoms with van der Waals surface area (Å²) in [4.78, 5) is 29.4. The average Bonchev–Trinajstić information content (AvgIpc) is 3.72. The number of fused-ring (bicyclic) bond motifs is 5. The lowest BCUT2D eigenvalue weighted by Crippen LogP contribution is -2.44. The number of carbonyl (C=O) groups excluding carboxylic acids is 1. The monoisotopic (exact) mass is 715 g/mol. The summed E-state index contributed by atoms with van der Waals surface area (Å²) in [6, 6.07) is 6.62. The molecule has 8 rings (SSSR count). The lowest BCUT2D eigenvalue weighted by atomic mass is 9.69. The Morgan fingerprint density at radius 3 is 2.84 bits per heavy atom. The highest BCUT2D eigenvalue weighted by Crippen LogP contribution is 2.51. The molecular formula is C37H46ClN9O4. The molecule has 1 aromatic carbocycles. The molecule has 6 heterocycles. The van der Waals surface area contributed by atoms with Crippen molar-refractivity contribution in [3.8, 4) is 12.1 Å². The molecule has 0 radical (unpaired) electrons. The molecule has 3 aromatic rings. The van der Waals surface area contributed by atoms with E-state index in [2.05, 4.69) is 34.0 Å². The molecule has 2 saturated heterocycles. The normalized spacial score (nSPS) is 26.9. The zero-order valence-corrected chi connectivity index (χ0v) is 30.6. The fraction of sp³-hybridized carbons (Fsp3) is 0.595. The summed E-state index contributed by atoms with van der Waals surface area (Å²) in [5.41, 5.74) is 11.2. The third-order valence-corrected chi connectivity index (χ3v) is 12.4. The number of ether oxygens (including phenoxy) is 3. The summed E-state index contributed by atoms with van der Waals surface area (Å²) in [5, 5.41) is 15.3. The number of amides is 1. The van der Waals surface area contributed by atoms with Gasteiger partial charge in [0.25, 0.3) is 5.91 Å². The van der Waals surface area contributed by atoms with Crippen LogP contribution in [0.2, 0.25) is 5.02 Å². The van der Waals surface area contributed by atoms with E-state index in [0.717, 1.165) is 85.5 Å². The van der Waals surface area contributed by atoms with Crippen LogP contribution < -0.4 is 15.4 Å². The highest BCUT2D eigenvalue weighted by atomic mass is 35.5. The molecule has 51 heavy (non-hydrogen) atoms. The number of nitrogens with zero attached hydrogens (tertiary/aromatic N) is 8. The number of halogens is 1. The van der Waals surface area contributed by atoms with E-state index in [1.54, 1.807) is 21.2 Å². The van der Waals surface area contributed by atoms with Crippen LogP contribution in [0.5, 0.6) is 6.01 Å². The van der Waals surface area contributed by atoms with Crippen molar-refractivity contribution >= 4 is 29.0 Å². The number of nitrogens with two attached hydrogens (primary N) is 1. The predicted molar refractivity (Wildman–Crippen MR) is 191 cm³/mol. The van der Waals surface area contributed by atoms with Gasteiger partial charge in [-0.05, 0) is 62.6 Å². The maximum atomic E-state index is 12.9. The Labute approximate surface area is 303 Å². The predicted octanol–water partition coefficient (Wildman–Crippen LogP) is 4.39. The summed E-state index contributed by atoms with van der Waals surface area (Å²) in [6.45, 7) is 6.57. The van der Waals surface area contributed by atoms with Crippen LogP contribution >= 0.6 is 11.6 Å². The van der Waals surface area contributed by atoms with Gasteiger partial charge in [-0.1, -0.05) is 24.6 Å². The Hall–Kier alpha value is -3.96.